The van der Waals surface area contributed by atoms with Crippen molar-refractivity contribution >= 4 is 5.69 Å². The summed E-state index contributed by atoms with van der Waals surface area (Å²) in [6, 6.07) is 13.1. The third kappa shape index (κ3) is 4.04. The molecule has 0 amide bonds. The highest BCUT2D eigenvalue weighted by molar-refractivity contribution is 5.56. The highest BCUT2D eigenvalue weighted by Gasteiger charge is 2.26. The number of anilines is 1. The first-order valence-corrected chi connectivity index (χ1v) is 10.2. The summed E-state index contributed by atoms with van der Waals surface area (Å²) in [5, 5.41) is 2.07. The number of nitrogens with two attached hydrogens (primary N) is 1. The molecule has 1 aromatic heterocycles. The van der Waals surface area contributed by atoms with E-state index in [0.717, 1.165) is 37.9 Å². The SMILES string of the molecule is CN(CC1=CN(c2ccccc2CCCN)NN1)C1CCCc2cccnc21. The number of nitrogens with zero attached hydrogens (tertiary/aromatic N) is 3. The van der Waals surface area contributed by atoms with Crippen molar-refractivity contribution in [3.05, 3.63) is 71.3 Å². The third-order valence-electron chi connectivity index (χ3n) is 5.64. The summed E-state index contributed by atoms with van der Waals surface area (Å²) in [7, 11) is 2.19. The van der Waals surface area contributed by atoms with Crippen molar-refractivity contribution in [3.63, 3.8) is 0 Å². The van der Waals surface area contributed by atoms with E-state index in [2.05, 4.69) is 69.4 Å². The molecule has 0 bridgehead atoms. The molecule has 0 saturated carbocycles. The van der Waals surface area contributed by atoms with Crippen LogP contribution in [0.3, 0.4) is 0 Å². The second-order valence-electron chi connectivity index (χ2n) is 7.65. The molecule has 2 aliphatic rings. The van der Waals surface area contributed by atoms with Crippen molar-refractivity contribution in [1.82, 2.24) is 20.8 Å². The lowest BCUT2D eigenvalue weighted by Gasteiger charge is -2.32. The average molecular weight is 379 g/mol. The van der Waals surface area contributed by atoms with E-state index < -0.39 is 0 Å². The molecule has 1 unspecified atom stereocenters. The Morgan fingerprint density at radius 2 is 2.14 bits per heavy atom. The van der Waals surface area contributed by atoms with E-state index >= 15 is 0 Å². The lowest BCUT2D eigenvalue weighted by Crippen LogP contribution is -2.39. The summed E-state index contributed by atoms with van der Waals surface area (Å²) in [6.45, 7) is 1.55. The number of aryl methyl sites for hydroxylation is 2. The quantitative estimate of drug-likeness (QED) is 0.688. The van der Waals surface area contributed by atoms with E-state index in [-0.39, 0.29) is 0 Å². The number of hydrogen-bond acceptors (Lipinski definition) is 6. The number of benzene rings is 1. The van der Waals surface area contributed by atoms with Crippen LogP contribution >= 0.6 is 0 Å². The standard InChI is InChI=1S/C22H30N6/c1-27(21-12-4-8-18-10-6-14-24-22(18)21)15-19-16-28(26-25-19)20-11-3-2-7-17(20)9-5-13-23/h2-3,6-7,10-11,14,16,21,25-26H,4-5,8-9,12-13,15,23H2,1H3. The minimum absolute atomic E-state index is 0.374. The van der Waals surface area contributed by atoms with Crippen molar-refractivity contribution in [1.29, 1.82) is 0 Å². The van der Waals surface area contributed by atoms with Crippen molar-refractivity contribution < 1.29 is 0 Å². The minimum atomic E-state index is 0.374. The molecule has 4 rings (SSSR count). The zero-order valence-corrected chi connectivity index (χ0v) is 16.6. The van der Waals surface area contributed by atoms with Gasteiger partial charge in [-0.3, -0.25) is 14.9 Å². The van der Waals surface area contributed by atoms with Gasteiger partial charge in [-0.25, -0.2) is 0 Å². The molecule has 1 aliphatic carbocycles. The van der Waals surface area contributed by atoms with E-state index in [9.17, 15) is 0 Å². The Hall–Kier alpha value is -2.41. The fourth-order valence-corrected chi connectivity index (χ4v) is 4.21. The van der Waals surface area contributed by atoms with Crippen LogP contribution in [0.2, 0.25) is 0 Å². The van der Waals surface area contributed by atoms with Gasteiger partial charge in [-0.1, -0.05) is 24.3 Å². The van der Waals surface area contributed by atoms with E-state index in [1.807, 2.05) is 12.3 Å². The zero-order chi connectivity index (χ0) is 19.3. The molecule has 6 heteroatoms. The lowest BCUT2D eigenvalue weighted by atomic mass is 9.91. The van der Waals surface area contributed by atoms with E-state index in [1.54, 1.807) is 0 Å². The van der Waals surface area contributed by atoms with Crippen LogP contribution in [0, 0.1) is 0 Å². The summed E-state index contributed by atoms with van der Waals surface area (Å²) in [5.41, 5.74) is 18.6. The van der Waals surface area contributed by atoms with Crippen molar-refractivity contribution in [3.8, 4) is 0 Å². The Bertz CT molecular complexity index is 833. The topological polar surface area (TPSA) is 69.5 Å². The van der Waals surface area contributed by atoms with Crippen LogP contribution in [-0.4, -0.2) is 30.0 Å². The maximum atomic E-state index is 5.70. The molecule has 0 saturated heterocycles. The molecule has 6 nitrogen and oxygen atoms in total. The van der Waals surface area contributed by atoms with Crippen LogP contribution in [0.4, 0.5) is 5.69 Å². The van der Waals surface area contributed by atoms with Gasteiger partial charge in [0.05, 0.1) is 23.1 Å². The highest BCUT2D eigenvalue weighted by Crippen LogP contribution is 2.32. The van der Waals surface area contributed by atoms with Gasteiger partial charge in [-0.2, -0.15) is 0 Å². The second kappa shape index (κ2) is 8.73. The van der Waals surface area contributed by atoms with Gasteiger partial charge in [0.2, 0.25) is 0 Å². The molecule has 1 atom stereocenters. The summed E-state index contributed by atoms with van der Waals surface area (Å²) >= 11 is 0. The fourth-order valence-electron chi connectivity index (χ4n) is 4.21. The molecule has 4 N–H and O–H groups in total. The van der Waals surface area contributed by atoms with Crippen molar-refractivity contribution in [2.45, 2.75) is 38.1 Å². The van der Waals surface area contributed by atoms with Crippen LogP contribution < -0.4 is 21.7 Å². The number of hydrazine groups is 2. The average Bonchev–Trinajstić information content (AvgIpc) is 3.20. The first kappa shape index (κ1) is 18.9. The number of nitrogens with one attached hydrogen (secondary N) is 2. The summed E-state index contributed by atoms with van der Waals surface area (Å²) in [6.07, 6.45) is 9.57. The molecule has 28 heavy (non-hydrogen) atoms. The van der Waals surface area contributed by atoms with E-state index in [0.29, 0.717) is 12.6 Å². The Kier molecular flexibility index (Phi) is 5.90. The van der Waals surface area contributed by atoms with Gasteiger partial charge in [0.1, 0.15) is 0 Å². The first-order valence-electron chi connectivity index (χ1n) is 10.2. The molecule has 0 spiro atoms. The molecule has 2 heterocycles. The van der Waals surface area contributed by atoms with Gasteiger partial charge in [0, 0.05) is 18.9 Å². The molecular formula is C22H30N6. The summed E-state index contributed by atoms with van der Waals surface area (Å²) < 4.78 is 0. The number of aromatic nitrogens is 1. The van der Waals surface area contributed by atoms with Crippen molar-refractivity contribution in [2.75, 3.05) is 25.1 Å². The van der Waals surface area contributed by atoms with Crippen LogP contribution in [0.1, 0.15) is 42.1 Å². The number of hydrogen-bond donors (Lipinski definition) is 3. The van der Waals surface area contributed by atoms with Crippen LogP contribution in [-0.2, 0) is 12.8 Å². The fraction of sp³-hybridized carbons (Fsp3) is 0.409. The maximum Gasteiger partial charge on any atom is 0.0621 e. The van der Waals surface area contributed by atoms with Gasteiger partial charge >= 0.3 is 0 Å². The Balaban J connectivity index is 1.46. The number of pyridine rings is 1. The summed E-state index contributed by atoms with van der Waals surface area (Å²) in [4.78, 5) is 7.08. The monoisotopic (exact) mass is 378 g/mol. The zero-order valence-electron chi connectivity index (χ0n) is 16.6. The number of likely N-dealkylation sites (N-methyl/N-ethyl adjacent to an activating group) is 1. The molecule has 0 radical (unpaired) electrons. The Morgan fingerprint density at radius 1 is 1.25 bits per heavy atom. The Labute approximate surface area is 167 Å². The van der Waals surface area contributed by atoms with E-state index in [4.69, 9.17) is 5.73 Å². The van der Waals surface area contributed by atoms with Gasteiger partial charge in [0.25, 0.3) is 0 Å². The third-order valence-corrected chi connectivity index (χ3v) is 5.64. The highest BCUT2D eigenvalue weighted by atomic mass is 15.7. The predicted octanol–water partition coefficient (Wildman–Crippen LogP) is 2.65. The first-order chi connectivity index (χ1) is 13.8. The lowest BCUT2D eigenvalue weighted by molar-refractivity contribution is 0.229. The van der Waals surface area contributed by atoms with Crippen LogP contribution in [0.15, 0.2) is 54.5 Å². The smallest absolute Gasteiger partial charge is 0.0621 e. The van der Waals surface area contributed by atoms with Gasteiger partial charge in [0.15, 0.2) is 0 Å². The number of rotatable bonds is 7. The number of para-hydroxylation sites is 1. The van der Waals surface area contributed by atoms with Gasteiger partial charge < -0.3 is 11.2 Å². The minimum Gasteiger partial charge on any atom is -0.330 e. The Morgan fingerprint density at radius 3 is 3.04 bits per heavy atom. The second-order valence-corrected chi connectivity index (χ2v) is 7.65. The molecule has 1 aromatic carbocycles. The summed E-state index contributed by atoms with van der Waals surface area (Å²) in [5.74, 6) is 0. The molecule has 0 fully saturated rings. The van der Waals surface area contributed by atoms with Crippen molar-refractivity contribution in [2.24, 2.45) is 5.73 Å². The molecular weight excluding hydrogens is 348 g/mol. The largest absolute Gasteiger partial charge is 0.330 e. The van der Waals surface area contributed by atoms with E-state index in [1.165, 1.54) is 28.9 Å². The molecule has 1 aliphatic heterocycles. The molecule has 2 aromatic rings. The maximum absolute atomic E-state index is 5.70. The van der Waals surface area contributed by atoms with Crippen LogP contribution in [0.25, 0.3) is 0 Å². The molecule has 148 valence electrons. The van der Waals surface area contributed by atoms with Gasteiger partial charge in [-0.15, -0.1) is 5.53 Å². The predicted molar refractivity (Wildman–Crippen MR) is 113 cm³/mol. The van der Waals surface area contributed by atoms with Crippen LogP contribution in [0.5, 0.6) is 0 Å². The van der Waals surface area contributed by atoms with Gasteiger partial charge in [-0.05, 0) is 69.0 Å². The number of fused-ring (bicyclic) bond motifs is 1. The normalized spacial score (nSPS) is 18.8.